The number of carbonyl (C=O) groups excluding carboxylic acids is 1. The van der Waals surface area contributed by atoms with Gasteiger partial charge >= 0.3 is 5.97 Å². The summed E-state index contributed by atoms with van der Waals surface area (Å²) in [6.45, 7) is 15.9. The van der Waals surface area contributed by atoms with Gasteiger partial charge in [-0.15, -0.1) is 0 Å². The number of nitrogens with zero attached hydrogens (tertiary/aromatic N) is 4. The number of piperidine rings is 1. The molecule has 1 saturated heterocycles. The lowest BCUT2D eigenvalue weighted by molar-refractivity contribution is 0.0359. The molecule has 2 fully saturated rings. The fourth-order valence-corrected chi connectivity index (χ4v) is 6.40. The molecule has 1 unspecified atom stereocenters. The molecule has 1 N–H and O–H groups in total. The summed E-state index contributed by atoms with van der Waals surface area (Å²) < 4.78 is 6.32. The van der Waals surface area contributed by atoms with Crippen molar-refractivity contribution in [2.75, 3.05) is 6.54 Å². The van der Waals surface area contributed by atoms with Gasteiger partial charge in [0.1, 0.15) is 11.3 Å². The van der Waals surface area contributed by atoms with Crippen LogP contribution in [-0.2, 0) is 5.41 Å². The minimum absolute atomic E-state index is 0.0368. The molecular weight excluding hydrogens is 504 g/mol. The Hall–Kier alpha value is -3.29. The normalized spacial score (nSPS) is 21.5. The number of pyridine rings is 1. The van der Waals surface area contributed by atoms with Crippen LogP contribution in [0.3, 0.4) is 0 Å². The minimum atomic E-state index is -1.04. The van der Waals surface area contributed by atoms with Gasteiger partial charge in [-0.25, -0.2) is 19.7 Å². The third-order valence-electron chi connectivity index (χ3n) is 8.98. The zero-order chi connectivity index (χ0) is 29.0. The van der Waals surface area contributed by atoms with Crippen LogP contribution in [0, 0.1) is 5.41 Å². The summed E-state index contributed by atoms with van der Waals surface area (Å²) in [4.78, 5) is 40.6. The second-order valence-electron chi connectivity index (χ2n) is 14.2. The Bertz CT molecular complexity index is 1420. The topological polar surface area (TPSA) is 109 Å². The zero-order valence-corrected chi connectivity index (χ0v) is 24.9. The first-order chi connectivity index (χ1) is 18.6. The van der Waals surface area contributed by atoms with Gasteiger partial charge in [0.15, 0.2) is 11.3 Å². The van der Waals surface area contributed by atoms with E-state index < -0.39 is 11.5 Å². The number of hydrogen-bond donors (Lipinski definition) is 1. The molecule has 8 heteroatoms. The fraction of sp³-hybridized carbons (Fsp3) is 0.594. The molecule has 1 amide bonds. The summed E-state index contributed by atoms with van der Waals surface area (Å²) in [6.07, 6.45) is 8.70. The van der Waals surface area contributed by atoms with E-state index in [0.717, 1.165) is 29.6 Å². The minimum Gasteiger partial charge on any atom is -0.478 e. The first-order valence-corrected chi connectivity index (χ1v) is 14.5. The van der Waals surface area contributed by atoms with Gasteiger partial charge in [0.05, 0.1) is 5.56 Å². The molecule has 2 aliphatic rings. The number of hydrogen-bond acceptors (Lipinski definition) is 6. The third kappa shape index (κ3) is 5.50. The molecule has 5 rings (SSSR count). The SMILES string of the molecule is CC1(C)CCC(c2cc(C(C)(C)C)c3oc(C(=O)N4CCC(c5ncc(C(=O)O)cn5)CC4(C)C)cc3n2)CC1. The zero-order valence-electron chi connectivity index (χ0n) is 24.9. The van der Waals surface area contributed by atoms with Crippen LogP contribution in [0.1, 0.15) is 137 Å². The van der Waals surface area contributed by atoms with Crippen molar-refractivity contribution in [2.24, 2.45) is 5.41 Å². The third-order valence-corrected chi connectivity index (χ3v) is 8.98. The average molecular weight is 547 g/mol. The summed E-state index contributed by atoms with van der Waals surface area (Å²) in [5.41, 5.74) is 3.50. The Labute approximate surface area is 236 Å². The first kappa shape index (κ1) is 28.2. The van der Waals surface area contributed by atoms with Crippen molar-refractivity contribution in [3.8, 4) is 0 Å². The van der Waals surface area contributed by atoms with Gasteiger partial charge in [-0.2, -0.15) is 0 Å². The van der Waals surface area contributed by atoms with Crippen LogP contribution in [0.25, 0.3) is 11.1 Å². The van der Waals surface area contributed by atoms with Crippen molar-refractivity contribution in [1.82, 2.24) is 19.9 Å². The molecule has 0 bridgehead atoms. The number of aromatic carboxylic acids is 1. The molecule has 40 heavy (non-hydrogen) atoms. The molecule has 4 heterocycles. The van der Waals surface area contributed by atoms with Gasteiger partial charge in [-0.1, -0.05) is 34.6 Å². The lowest BCUT2D eigenvalue weighted by Gasteiger charge is -2.44. The van der Waals surface area contributed by atoms with Crippen molar-refractivity contribution in [3.63, 3.8) is 0 Å². The highest BCUT2D eigenvalue weighted by atomic mass is 16.4. The van der Waals surface area contributed by atoms with Crippen LogP contribution in [0.5, 0.6) is 0 Å². The maximum atomic E-state index is 13.9. The lowest BCUT2D eigenvalue weighted by atomic mass is 9.72. The number of rotatable bonds is 4. The van der Waals surface area contributed by atoms with E-state index >= 15 is 0 Å². The quantitative estimate of drug-likeness (QED) is 0.372. The van der Waals surface area contributed by atoms with Gasteiger partial charge in [0.25, 0.3) is 5.91 Å². The molecule has 3 aromatic heterocycles. The summed E-state index contributed by atoms with van der Waals surface area (Å²) in [6, 6.07) is 4.05. The number of carboxylic acids is 1. The van der Waals surface area contributed by atoms with E-state index in [0.29, 0.717) is 47.9 Å². The Balaban J connectivity index is 1.41. The molecule has 1 aliphatic carbocycles. The maximum Gasteiger partial charge on any atom is 0.338 e. The molecule has 0 spiro atoms. The van der Waals surface area contributed by atoms with Crippen molar-refractivity contribution >= 4 is 23.0 Å². The number of carbonyl (C=O) groups is 2. The summed E-state index contributed by atoms with van der Waals surface area (Å²) in [7, 11) is 0. The van der Waals surface area contributed by atoms with Crippen molar-refractivity contribution < 1.29 is 19.1 Å². The van der Waals surface area contributed by atoms with Crippen LogP contribution < -0.4 is 0 Å². The van der Waals surface area contributed by atoms with Gasteiger partial charge in [0.2, 0.25) is 0 Å². The highest BCUT2D eigenvalue weighted by molar-refractivity contribution is 5.96. The van der Waals surface area contributed by atoms with Crippen LogP contribution in [0.15, 0.2) is 28.9 Å². The standard InChI is InChI=1S/C32H42N4O4/c1-30(2,3)22-14-23(19-8-11-31(4,5)12-9-19)35-24-15-25(40-26(22)24)28(37)36-13-10-20(16-32(36,6)7)27-33-17-21(18-34-27)29(38)39/h14-15,17-20H,8-13,16H2,1-7H3,(H,38,39). The van der Waals surface area contributed by atoms with E-state index in [1.165, 1.54) is 25.2 Å². The summed E-state index contributed by atoms with van der Waals surface area (Å²) in [5.74, 6) is 0.226. The lowest BCUT2D eigenvalue weighted by Crippen LogP contribution is -2.52. The summed E-state index contributed by atoms with van der Waals surface area (Å²) >= 11 is 0. The van der Waals surface area contributed by atoms with Crippen LogP contribution in [0.4, 0.5) is 0 Å². The second-order valence-corrected chi connectivity index (χ2v) is 14.2. The first-order valence-electron chi connectivity index (χ1n) is 14.5. The molecule has 1 saturated carbocycles. The van der Waals surface area contributed by atoms with E-state index in [4.69, 9.17) is 14.5 Å². The van der Waals surface area contributed by atoms with Gasteiger partial charge in [-0.05, 0) is 69.3 Å². The van der Waals surface area contributed by atoms with E-state index in [9.17, 15) is 9.59 Å². The van der Waals surface area contributed by atoms with E-state index in [2.05, 4.69) is 50.7 Å². The van der Waals surface area contributed by atoms with Gasteiger partial charge in [0, 0.05) is 53.6 Å². The Kier molecular flexibility index (Phi) is 7.04. The molecule has 1 aliphatic heterocycles. The highest BCUT2D eigenvalue weighted by Gasteiger charge is 2.41. The number of carboxylic acid groups (broad SMARTS) is 1. The molecule has 0 radical (unpaired) electrons. The number of amides is 1. The number of furan rings is 1. The van der Waals surface area contributed by atoms with E-state index in [1.54, 1.807) is 0 Å². The Morgan fingerprint density at radius 1 is 1.00 bits per heavy atom. The molecular formula is C32H42N4O4. The van der Waals surface area contributed by atoms with Crippen LogP contribution in [-0.4, -0.2) is 48.9 Å². The number of fused-ring (bicyclic) bond motifs is 1. The molecule has 0 aromatic carbocycles. The second kappa shape index (κ2) is 9.96. The van der Waals surface area contributed by atoms with Crippen LogP contribution in [0.2, 0.25) is 0 Å². The van der Waals surface area contributed by atoms with E-state index in [1.807, 2.05) is 24.8 Å². The monoisotopic (exact) mass is 546 g/mol. The Morgan fingerprint density at radius 2 is 1.65 bits per heavy atom. The van der Waals surface area contributed by atoms with Crippen LogP contribution >= 0.6 is 0 Å². The smallest absolute Gasteiger partial charge is 0.338 e. The Morgan fingerprint density at radius 3 is 2.23 bits per heavy atom. The van der Waals surface area contributed by atoms with Gasteiger partial charge in [-0.3, -0.25) is 4.79 Å². The van der Waals surface area contributed by atoms with Gasteiger partial charge < -0.3 is 14.4 Å². The molecule has 3 aromatic rings. The van der Waals surface area contributed by atoms with Crippen molar-refractivity contribution in [1.29, 1.82) is 0 Å². The van der Waals surface area contributed by atoms with Crippen molar-refractivity contribution in [3.05, 3.63) is 52.9 Å². The average Bonchev–Trinajstić information content (AvgIpc) is 3.31. The fourth-order valence-electron chi connectivity index (χ4n) is 6.40. The maximum absolute atomic E-state index is 13.9. The number of aromatic nitrogens is 3. The molecule has 214 valence electrons. The van der Waals surface area contributed by atoms with Crippen molar-refractivity contribution in [2.45, 2.75) is 110 Å². The molecule has 8 nitrogen and oxygen atoms in total. The predicted octanol–water partition coefficient (Wildman–Crippen LogP) is 7.10. The number of likely N-dealkylation sites (tertiary alicyclic amines) is 1. The highest BCUT2D eigenvalue weighted by Crippen LogP contribution is 2.44. The van der Waals surface area contributed by atoms with E-state index in [-0.39, 0.29) is 22.8 Å². The largest absolute Gasteiger partial charge is 0.478 e. The molecule has 1 atom stereocenters. The predicted molar refractivity (Wildman–Crippen MR) is 154 cm³/mol. The summed E-state index contributed by atoms with van der Waals surface area (Å²) in [5, 5.41) is 9.15.